The number of alkyl halides is 3. The fourth-order valence-corrected chi connectivity index (χ4v) is 3.38. The van der Waals surface area contributed by atoms with Gasteiger partial charge in [0.2, 0.25) is 5.91 Å². The third-order valence-corrected chi connectivity index (χ3v) is 4.73. The maximum Gasteiger partial charge on any atom is 0.416 e. The molecule has 0 spiro atoms. The molecular formula is C20H22F3N3O2. The summed E-state index contributed by atoms with van der Waals surface area (Å²) < 4.78 is 39.5. The van der Waals surface area contributed by atoms with Gasteiger partial charge in [-0.2, -0.15) is 13.2 Å². The summed E-state index contributed by atoms with van der Waals surface area (Å²) in [5.74, 6) is 0.409. The van der Waals surface area contributed by atoms with Crippen LogP contribution in [0.25, 0.3) is 0 Å². The molecule has 150 valence electrons. The van der Waals surface area contributed by atoms with Crippen LogP contribution in [0, 0.1) is 5.92 Å². The number of aromatic amines is 1. The molecule has 1 N–H and O–H groups in total. The third-order valence-electron chi connectivity index (χ3n) is 4.73. The van der Waals surface area contributed by atoms with Gasteiger partial charge in [0.25, 0.3) is 5.56 Å². The largest absolute Gasteiger partial charge is 0.416 e. The summed E-state index contributed by atoms with van der Waals surface area (Å²) in [7, 11) is 0. The molecule has 2 heterocycles. The normalized spacial score (nSPS) is 14.3. The van der Waals surface area contributed by atoms with E-state index in [1.165, 1.54) is 18.2 Å². The number of carbonyl (C=O) groups excluding carboxylic acids is 1. The first-order valence-electron chi connectivity index (χ1n) is 9.19. The van der Waals surface area contributed by atoms with Crippen LogP contribution in [0.1, 0.15) is 48.5 Å². The molecular weight excluding hydrogens is 371 g/mol. The number of nitrogens with zero attached hydrogens (tertiary/aromatic N) is 2. The number of nitrogens with one attached hydrogen (secondary N) is 1. The quantitative estimate of drug-likeness (QED) is 0.867. The van der Waals surface area contributed by atoms with Gasteiger partial charge in [-0.1, -0.05) is 32.0 Å². The van der Waals surface area contributed by atoms with Crippen LogP contribution in [0.4, 0.5) is 13.2 Å². The highest BCUT2D eigenvalue weighted by Gasteiger charge is 2.33. The molecule has 1 aromatic heterocycles. The van der Waals surface area contributed by atoms with Crippen LogP contribution < -0.4 is 5.56 Å². The standard InChI is InChI=1S/C20H22F3N3O2/c1-12(2)9-18(27)26-8-7-16-14(11-26)19(28)25-17(24-16)10-13-5-3-4-6-15(13)20(21,22)23/h3-6,12H,7-11H2,1-2H3,(H,24,25,28). The van der Waals surface area contributed by atoms with E-state index in [1.54, 1.807) is 4.90 Å². The Balaban J connectivity index is 1.85. The van der Waals surface area contributed by atoms with E-state index in [9.17, 15) is 22.8 Å². The van der Waals surface area contributed by atoms with Gasteiger partial charge in [0.1, 0.15) is 5.82 Å². The molecule has 3 rings (SSSR count). The Bertz CT molecular complexity index is 935. The highest BCUT2D eigenvalue weighted by molar-refractivity contribution is 5.76. The summed E-state index contributed by atoms with van der Waals surface area (Å²) in [6.07, 6.45) is -3.76. The number of rotatable bonds is 4. The van der Waals surface area contributed by atoms with Crippen LogP contribution in [-0.4, -0.2) is 27.3 Å². The number of aromatic nitrogens is 2. The van der Waals surface area contributed by atoms with E-state index in [0.717, 1.165) is 6.07 Å². The molecule has 1 amide bonds. The second-order valence-electron chi connectivity index (χ2n) is 7.43. The number of halogens is 3. The van der Waals surface area contributed by atoms with Gasteiger partial charge in [-0.05, 0) is 17.5 Å². The van der Waals surface area contributed by atoms with Crippen molar-refractivity contribution in [3.63, 3.8) is 0 Å². The fourth-order valence-electron chi connectivity index (χ4n) is 3.38. The lowest BCUT2D eigenvalue weighted by Gasteiger charge is -2.28. The number of hydrogen-bond donors (Lipinski definition) is 1. The monoisotopic (exact) mass is 393 g/mol. The Labute approximate surface area is 160 Å². The van der Waals surface area contributed by atoms with E-state index >= 15 is 0 Å². The van der Waals surface area contributed by atoms with Crippen LogP contribution >= 0.6 is 0 Å². The van der Waals surface area contributed by atoms with Crippen molar-refractivity contribution in [3.8, 4) is 0 Å². The van der Waals surface area contributed by atoms with Gasteiger partial charge in [0, 0.05) is 25.8 Å². The predicted molar refractivity (Wildman–Crippen MR) is 97.7 cm³/mol. The van der Waals surface area contributed by atoms with Crippen LogP contribution in [0.5, 0.6) is 0 Å². The number of fused-ring (bicyclic) bond motifs is 1. The summed E-state index contributed by atoms with van der Waals surface area (Å²) in [6.45, 7) is 4.54. The molecule has 0 fully saturated rings. The summed E-state index contributed by atoms with van der Waals surface area (Å²) >= 11 is 0. The molecule has 1 aliphatic heterocycles. The smallest absolute Gasteiger partial charge is 0.338 e. The van der Waals surface area contributed by atoms with Crippen molar-refractivity contribution in [1.29, 1.82) is 0 Å². The van der Waals surface area contributed by atoms with E-state index in [2.05, 4.69) is 9.97 Å². The predicted octanol–water partition coefficient (Wildman–Crippen LogP) is 3.31. The van der Waals surface area contributed by atoms with Gasteiger partial charge in [0.15, 0.2) is 0 Å². The van der Waals surface area contributed by atoms with Crippen LogP contribution in [0.3, 0.4) is 0 Å². The summed E-state index contributed by atoms with van der Waals surface area (Å²) in [5, 5.41) is 0. The summed E-state index contributed by atoms with van der Waals surface area (Å²) in [6, 6.07) is 5.26. The highest BCUT2D eigenvalue weighted by atomic mass is 19.4. The van der Waals surface area contributed by atoms with Crippen molar-refractivity contribution in [2.45, 2.75) is 45.8 Å². The SMILES string of the molecule is CC(C)CC(=O)N1CCc2nc(Cc3ccccc3C(F)(F)F)[nH]c(=O)c2C1. The number of hydrogen-bond acceptors (Lipinski definition) is 3. The zero-order valence-corrected chi connectivity index (χ0v) is 15.8. The third kappa shape index (κ3) is 4.43. The maximum atomic E-state index is 13.2. The molecule has 5 nitrogen and oxygen atoms in total. The molecule has 1 aromatic carbocycles. The van der Waals surface area contributed by atoms with Crippen molar-refractivity contribution in [2.24, 2.45) is 5.92 Å². The van der Waals surface area contributed by atoms with Gasteiger partial charge in [-0.25, -0.2) is 4.98 Å². The molecule has 0 saturated carbocycles. The average Bonchev–Trinajstić information content (AvgIpc) is 2.60. The first-order valence-corrected chi connectivity index (χ1v) is 9.19. The maximum absolute atomic E-state index is 13.2. The van der Waals surface area contributed by atoms with E-state index in [0.29, 0.717) is 30.6 Å². The lowest BCUT2D eigenvalue weighted by molar-refractivity contribution is -0.138. The molecule has 0 saturated heterocycles. The number of benzene rings is 1. The lowest BCUT2D eigenvalue weighted by atomic mass is 10.0. The first kappa shape index (κ1) is 20.1. The summed E-state index contributed by atoms with van der Waals surface area (Å²) in [5.41, 5.74) is -0.108. The average molecular weight is 393 g/mol. The van der Waals surface area contributed by atoms with E-state index in [-0.39, 0.29) is 36.2 Å². The molecule has 0 aliphatic carbocycles. The van der Waals surface area contributed by atoms with E-state index in [1.807, 2.05) is 13.8 Å². The molecule has 0 unspecified atom stereocenters. The Hall–Kier alpha value is -2.64. The molecule has 28 heavy (non-hydrogen) atoms. The fraction of sp³-hybridized carbons (Fsp3) is 0.450. The highest BCUT2D eigenvalue weighted by Crippen LogP contribution is 2.32. The van der Waals surface area contributed by atoms with Gasteiger partial charge < -0.3 is 9.88 Å². The zero-order valence-electron chi connectivity index (χ0n) is 15.8. The number of carbonyl (C=O) groups is 1. The zero-order chi connectivity index (χ0) is 20.5. The molecule has 0 bridgehead atoms. The van der Waals surface area contributed by atoms with Crippen LogP contribution in [0.2, 0.25) is 0 Å². The van der Waals surface area contributed by atoms with Gasteiger partial charge >= 0.3 is 6.18 Å². The topological polar surface area (TPSA) is 66.1 Å². The van der Waals surface area contributed by atoms with Gasteiger partial charge in [0.05, 0.1) is 23.4 Å². The first-order chi connectivity index (χ1) is 13.1. The minimum Gasteiger partial charge on any atom is -0.338 e. The van der Waals surface area contributed by atoms with E-state index in [4.69, 9.17) is 0 Å². The van der Waals surface area contributed by atoms with Crippen molar-refractivity contribution in [3.05, 3.63) is 62.8 Å². The molecule has 2 aromatic rings. The van der Waals surface area contributed by atoms with Crippen molar-refractivity contribution >= 4 is 5.91 Å². The molecule has 0 atom stereocenters. The number of amides is 1. The Morgan fingerprint density at radius 2 is 2.00 bits per heavy atom. The molecule has 0 radical (unpaired) electrons. The second-order valence-corrected chi connectivity index (χ2v) is 7.43. The lowest BCUT2D eigenvalue weighted by Crippen LogP contribution is -2.40. The van der Waals surface area contributed by atoms with Crippen molar-refractivity contribution < 1.29 is 18.0 Å². The van der Waals surface area contributed by atoms with Gasteiger partial charge in [-0.15, -0.1) is 0 Å². The Kier molecular flexibility index (Phi) is 5.58. The second kappa shape index (κ2) is 7.77. The van der Waals surface area contributed by atoms with Gasteiger partial charge in [-0.3, -0.25) is 9.59 Å². The Morgan fingerprint density at radius 1 is 1.29 bits per heavy atom. The molecule has 8 heteroatoms. The molecule has 1 aliphatic rings. The Morgan fingerprint density at radius 3 is 2.68 bits per heavy atom. The van der Waals surface area contributed by atoms with Crippen molar-refractivity contribution in [2.75, 3.05) is 6.54 Å². The minimum absolute atomic E-state index is 0.0109. The minimum atomic E-state index is -4.47. The van der Waals surface area contributed by atoms with Crippen molar-refractivity contribution in [1.82, 2.24) is 14.9 Å². The summed E-state index contributed by atoms with van der Waals surface area (Å²) in [4.78, 5) is 33.4. The van der Waals surface area contributed by atoms with Crippen LogP contribution in [-0.2, 0) is 30.4 Å². The number of H-pyrrole nitrogens is 1. The van der Waals surface area contributed by atoms with E-state index < -0.39 is 17.3 Å². The van der Waals surface area contributed by atoms with Crippen LogP contribution in [0.15, 0.2) is 29.1 Å².